The van der Waals surface area contributed by atoms with Crippen molar-refractivity contribution < 1.29 is 4.79 Å². The summed E-state index contributed by atoms with van der Waals surface area (Å²) in [7, 11) is 0. The van der Waals surface area contributed by atoms with Crippen molar-refractivity contribution in [2.75, 3.05) is 17.2 Å². The second-order valence-electron chi connectivity index (χ2n) is 6.39. The van der Waals surface area contributed by atoms with E-state index in [0.29, 0.717) is 0 Å². The van der Waals surface area contributed by atoms with Crippen LogP contribution >= 0.6 is 0 Å². The maximum Gasteiger partial charge on any atom is 0.227 e. The van der Waals surface area contributed by atoms with Gasteiger partial charge in [-0.1, -0.05) is 38.2 Å². The number of fused-ring (bicyclic) bond motifs is 1. The molecule has 0 aromatic heterocycles. The van der Waals surface area contributed by atoms with Crippen LogP contribution in [0.1, 0.15) is 56.9 Å². The number of nitrogens with one attached hydrogen (secondary N) is 2. The van der Waals surface area contributed by atoms with Crippen molar-refractivity contribution in [3.05, 3.63) is 23.8 Å². The molecule has 0 atom stereocenters. The first-order chi connectivity index (χ1) is 10.3. The van der Waals surface area contributed by atoms with Crippen molar-refractivity contribution >= 4 is 17.3 Å². The lowest BCUT2D eigenvalue weighted by Crippen LogP contribution is -2.25. The summed E-state index contributed by atoms with van der Waals surface area (Å²) < 4.78 is 0. The van der Waals surface area contributed by atoms with E-state index >= 15 is 0 Å². The van der Waals surface area contributed by atoms with Gasteiger partial charge in [0.05, 0.1) is 0 Å². The highest BCUT2D eigenvalue weighted by Crippen LogP contribution is 2.30. The minimum absolute atomic E-state index is 0.206. The molecule has 2 aliphatic rings. The molecule has 1 fully saturated rings. The van der Waals surface area contributed by atoms with Crippen molar-refractivity contribution in [1.29, 1.82) is 0 Å². The number of benzene rings is 1. The van der Waals surface area contributed by atoms with Crippen molar-refractivity contribution in [1.82, 2.24) is 0 Å². The first kappa shape index (κ1) is 14.4. The van der Waals surface area contributed by atoms with Gasteiger partial charge < -0.3 is 10.6 Å². The monoisotopic (exact) mass is 286 g/mol. The summed E-state index contributed by atoms with van der Waals surface area (Å²) >= 11 is 0. The Morgan fingerprint density at radius 2 is 1.81 bits per heavy atom. The largest absolute Gasteiger partial charge is 0.385 e. The molecule has 1 aliphatic heterocycles. The molecule has 114 valence electrons. The highest BCUT2D eigenvalue weighted by Gasteiger charge is 2.21. The van der Waals surface area contributed by atoms with E-state index in [9.17, 15) is 4.79 Å². The van der Waals surface area contributed by atoms with Crippen molar-refractivity contribution in [3.8, 4) is 0 Å². The van der Waals surface area contributed by atoms with Crippen LogP contribution in [-0.2, 0) is 11.2 Å². The molecular weight excluding hydrogens is 260 g/mol. The normalized spacial score (nSPS) is 19.8. The Balaban J connectivity index is 1.69. The summed E-state index contributed by atoms with van der Waals surface area (Å²) in [6.45, 7) is 1.03. The second-order valence-corrected chi connectivity index (χ2v) is 6.39. The predicted molar refractivity (Wildman–Crippen MR) is 87.7 cm³/mol. The van der Waals surface area contributed by atoms with Crippen LogP contribution in [0.3, 0.4) is 0 Å². The number of carbonyl (C=O) groups is 1. The average Bonchev–Trinajstić information content (AvgIpc) is 2.47. The number of anilines is 2. The molecule has 2 N–H and O–H groups in total. The van der Waals surface area contributed by atoms with Crippen molar-refractivity contribution in [3.63, 3.8) is 0 Å². The van der Waals surface area contributed by atoms with Gasteiger partial charge in [-0.15, -0.1) is 0 Å². The van der Waals surface area contributed by atoms with Gasteiger partial charge in [0.2, 0.25) is 5.91 Å². The predicted octanol–water partition coefficient (Wildman–Crippen LogP) is 4.34. The number of carbonyl (C=O) groups excluding carboxylic acids is 1. The molecule has 1 aromatic carbocycles. The summed E-state index contributed by atoms with van der Waals surface area (Å²) in [4.78, 5) is 12.6. The first-order valence-electron chi connectivity index (χ1n) is 8.51. The highest BCUT2D eigenvalue weighted by molar-refractivity contribution is 5.94. The van der Waals surface area contributed by atoms with E-state index in [1.807, 2.05) is 12.1 Å². The molecule has 1 saturated carbocycles. The topological polar surface area (TPSA) is 41.1 Å². The van der Waals surface area contributed by atoms with Crippen molar-refractivity contribution in [2.45, 2.75) is 57.8 Å². The molecule has 0 radical (unpaired) electrons. The molecule has 1 aromatic rings. The van der Waals surface area contributed by atoms with Gasteiger partial charge in [0.25, 0.3) is 0 Å². The van der Waals surface area contributed by atoms with Gasteiger partial charge in [0, 0.05) is 23.8 Å². The van der Waals surface area contributed by atoms with Gasteiger partial charge in [-0.25, -0.2) is 0 Å². The van der Waals surface area contributed by atoms with Gasteiger partial charge in [-0.3, -0.25) is 4.79 Å². The molecule has 0 spiro atoms. The van der Waals surface area contributed by atoms with Crippen LogP contribution < -0.4 is 10.6 Å². The molecule has 0 bridgehead atoms. The molecule has 1 aliphatic carbocycles. The Labute approximate surface area is 127 Å². The zero-order chi connectivity index (χ0) is 14.5. The Hall–Kier alpha value is -1.51. The third-order valence-corrected chi connectivity index (χ3v) is 4.83. The molecule has 0 saturated heterocycles. The quantitative estimate of drug-likeness (QED) is 0.849. The van der Waals surface area contributed by atoms with Crippen LogP contribution in [-0.4, -0.2) is 12.5 Å². The van der Waals surface area contributed by atoms with Crippen LogP contribution in [0.15, 0.2) is 18.2 Å². The van der Waals surface area contributed by atoms with Gasteiger partial charge in [0.15, 0.2) is 0 Å². The molecular formula is C18H26N2O. The van der Waals surface area contributed by atoms with Crippen LogP contribution in [0, 0.1) is 5.92 Å². The average molecular weight is 286 g/mol. The minimum Gasteiger partial charge on any atom is -0.385 e. The maximum absolute atomic E-state index is 12.6. The maximum atomic E-state index is 12.6. The van der Waals surface area contributed by atoms with Gasteiger partial charge >= 0.3 is 0 Å². The fourth-order valence-electron chi connectivity index (χ4n) is 3.58. The van der Waals surface area contributed by atoms with E-state index in [0.717, 1.165) is 37.9 Å². The molecule has 21 heavy (non-hydrogen) atoms. The van der Waals surface area contributed by atoms with E-state index in [1.165, 1.54) is 43.4 Å². The Kier molecular flexibility index (Phi) is 4.79. The first-order valence-corrected chi connectivity index (χ1v) is 8.51. The van der Waals surface area contributed by atoms with E-state index < -0.39 is 0 Å². The smallest absolute Gasteiger partial charge is 0.227 e. The number of amides is 1. The number of hydrogen-bond acceptors (Lipinski definition) is 2. The fourth-order valence-corrected chi connectivity index (χ4v) is 3.58. The standard InChI is InChI=1S/C18H26N2O/c21-18(14-8-4-2-1-3-5-9-14)20-17-12-6-11-16-15(17)10-7-13-19-16/h6,11-12,14,19H,1-5,7-10,13H2,(H,20,21). The van der Waals surface area contributed by atoms with E-state index in [2.05, 4.69) is 16.7 Å². The summed E-state index contributed by atoms with van der Waals surface area (Å²) in [6.07, 6.45) is 10.6. The molecule has 3 rings (SSSR count). The summed E-state index contributed by atoms with van der Waals surface area (Å²) in [5.74, 6) is 0.438. The third kappa shape index (κ3) is 3.58. The number of hydrogen-bond donors (Lipinski definition) is 2. The Bertz CT molecular complexity index is 490. The van der Waals surface area contributed by atoms with E-state index in [1.54, 1.807) is 0 Å². The molecule has 1 heterocycles. The van der Waals surface area contributed by atoms with Crippen LogP contribution in [0.2, 0.25) is 0 Å². The Morgan fingerprint density at radius 3 is 2.62 bits per heavy atom. The molecule has 0 unspecified atom stereocenters. The van der Waals surface area contributed by atoms with Crippen LogP contribution in [0.5, 0.6) is 0 Å². The van der Waals surface area contributed by atoms with Gasteiger partial charge in [-0.2, -0.15) is 0 Å². The Morgan fingerprint density at radius 1 is 1.05 bits per heavy atom. The third-order valence-electron chi connectivity index (χ3n) is 4.83. The lowest BCUT2D eigenvalue weighted by Gasteiger charge is -2.23. The molecule has 3 nitrogen and oxygen atoms in total. The minimum atomic E-state index is 0.206. The second kappa shape index (κ2) is 6.97. The molecule has 3 heteroatoms. The lowest BCUT2D eigenvalue weighted by atomic mass is 9.90. The van der Waals surface area contributed by atoms with Crippen molar-refractivity contribution in [2.24, 2.45) is 5.92 Å². The number of rotatable bonds is 2. The zero-order valence-corrected chi connectivity index (χ0v) is 12.8. The molecule has 1 amide bonds. The lowest BCUT2D eigenvalue weighted by molar-refractivity contribution is -0.120. The summed E-state index contributed by atoms with van der Waals surface area (Å²) in [5.41, 5.74) is 3.49. The van der Waals surface area contributed by atoms with Crippen LogP contribution in [0.25, 0.3) is 0 Å². The van der Waals surface area contributed by atoms with Gasteiger partial charge in [-0.05, 0) is 43.4 Å². The van der Waals surface area contributed by atoms with E-state index in [-0.39, 0.29) is 11.8 Å². The van der Waals surface area contributed by atoms with Gasteiger partial charge in [0.1, 0.15) is 0 Å². The van der Waals surface area contributed by atoms with Crippen LogP contribution in [0.4, 0.5) is 11.4 Å². The summed E-state index contributed by atoms with van der Waals surface area (Å²) in [5, 5.41) is 6.63. The zero-order valence-electron chi connectivity index (χ0n) is 12.8. The highest BCUT2D eigenvalue weighted by atomic mass is 16.1. The summed E-state index contributed by atoms with van der Waals surface area (Å²) in [6, 6.07) is 6.19. The fraction of sp³-hybridized carbons (Fsp3) is 0.611. The SMILES string of the molecule is O=C(Nc1cccc2c1CCCN2)C1CCCCCCC1. The van der Waals surface area contributed by atoms with E-state index in [4.69, 9.17) is 0 Å².